The number of nitrogens with one attached hydrogen (secondary N) is 1. The summed E-state index contributed by atoms with van der Waals surface area (Å²) in [5.74, 6) is 0.960. The number of rotatable bonds is 4. The lowest BCUT2D eigenvalue weighted by Crippen LogP contribution is -2.34. The van der Waals surface area contributed by atoms with Gasteiger partial charge in [-0.05, 0) is 55.8 Å². The molecule has 1 aromatic rings. The van der Waals surface area contributed by atoms with Crippen LogP contribution in [0.1, 0.15) is 25.7 Å². The van der Waals surface area contributed by atoms with Gasteiger partial charge in [0.2, 0.25) is 0 Å². The third-order valence-corrected chi connectivity index (χ3v) is 4.01. The molecular weight excluding hydrogens is 221 g/mol. The van der Waals surface area contributed by atoms with Crippen LogP contribution in [-0.4, -0.2) is 18.3 Å². The average molecular weight is 239 g/mol. The third kappa shape index (κ3) is 3.80. The fraction of sp³-hybridized carbons (Fsp3) is 0.538. The highest BCUT2D eigenvalue weighted by molar-refractivity contribution is 7.99. The van der Waals surface area contributed by atoms with E-state index in [9.17, 15) is 4.39 Å². The molecule has 0 aliphatic carbocycles. The summed E-state index contributed by atoms with van der Waals surface area (Å²) in [6.45, 7) is 1.17. The van der Waals surface area contributed by atoms with Crippen molar-refractivity contribution in [3.63, 3.8) is 0 Å². The van der Waals surface area contributed by atoms with E-state index >= 15 is 0 Å². The van der Waals surface area contributed by atoms with Crippen molar-refractivity contribution < 1.29 is 4.39 Å². The molecule has 1 fully saturated rings. The molecule has 0 radical (unpaired) electrons. The fourth-order valence-electron chi connectivity index (χ4n) is 2.02. The van der Waals surface area contributed by atoms with E-state index in [1.54, 1.807) is 0 Å². The van der Waals surface area contributed by atoms with Gasteiger partial charge in [-0.3, -0.25) is 0 Å². The molecule has 1 aliphatic rings. The summed E-state index contributed by atoms with van der Waals surface area (Å²) >= 11 is 1.82. The summed E-state index contributed by atoms with van der Waals surface area (Å²) in [4.78, 5) is 1.16. The Balaban J connectivity index is 1.69. The molecular formula is C13H18FNS. The van der Waals surface area contributed by atoms with E-state index in [1.165, 1.54) is 44.4 Å². The molecule has 1 aliphatic heterocycles. The molecule has 1 saturated heterocycles. The highest BCUT2D eigenvalue weighted by atomic mass is 32.2. The van der Waals surface area contributed by atoms with Crippen molar-refractivity contribution in [1.82, 2.24) is 5.32 Å². The lowest BCUT2D eigenvalue weighted by atomic mass is 10.0. The number of benzene rings is 1. The van der Waals surface area contributed by atoms with E-state index in [2.05, 4.69) is 5.32 Å². The molecule has 1 unspecified atom stereocenters. The summed E-state index contributed by atoms with van der Waals surface area (Å²) < 4.78 is 12.7. The van der Waals surface area contributed by atoms with Crippen LogP contribution in [0.15, 0.2) is 29.2 Å². The van der Waals surface area contributed by atoms with Crippen LogP contribution < -0.4 is 5.32 Å². The smallest absolute Gasteiger partial charge is 0.123 e. The zero-order valence-electron chi connectivity index (χ0n) is 9.42. The maximum atomic E-state index is 12.7. The zero-order chi connectivity index (χ0) is 11.2. The van der Waals surface area contributed by atoms with E-state index < -0.39 is 0 Å². The second kappa shape index (κ2) is 6.26. The second-order valence-corrected chi connectivity index (χ2v) is 5.41. The van der Waals surface area contributed by atoms with Gasteiger partial charge in [-0.1, -0.05) is 6.42 Å². The number of hydrogen-bond donors (Lipinski definition) is 1. The van der Waals surface area contributed by atoms with E-state index in [4.69, 9.17) is 0 Å². The monoisotopic (exact) mass is 239 g/mol. The normalized spacial score (nSPS) is 20.9. The maximum Gasteiger partial charge on any atom is 0.123 e. The first-order valence-corrected chi connectivity index (χ1v) is 6.95. The van der Waals surface area contributed by atoms with Gasteiger partial charge in [0, 0.05) is 10.9 Å². The molecule has 88 valence electrons. The van der Waals surface area contributed by atoms with Crippen molar-refractivity contribution in [2.45, 2.75) is 36.6 Å². The molecule has 1 atom stereocenters. The SMILES string of the molecule is Fc1ccc(SCCC2CCCCN2)cc1. The lowest BCUT2D eigenvalue weighted by molar-refractivity contribution is 0.395. The van der Waals surface area contributed by atoms with Crippen molar-refractivity contribution >= 4 is 11.8 Å². The first kappa shape index (κ1) is 11.9. The minimum absolute atomic E-state index is 0.154. The minimum atomic E-state index is -0.154. The molecule has 1 heterocycles. The Morgan fingerprint density at radius 2 is 2.06 bits per heavy atom. The zero-order valence-corrected chi connectivity index (χ0v) is 10.2. The molecule has 0 spiro atoms. The first-order valence-electron chi connectivity index (χ1n) is 5.96. The Morgan fingerprint density at radius 3 is 2.75 bits per heavy atom. The molecule has 0 amide bonds. The third-order valence-electron chi connectivity index (χ3n) is 2.96. The Hall–Kier alpha value is -0.540. The summed E-state index contributed by atoms with van der Waals surface area (Å²) in [5, 5.41) is 3.54. The van der Waals surface area contributed by atoms with Crippen LogP contribution in [-0.2, 0) is 0 Å². The summed E-state index contributed by atoms with van der Waals surface area (Å²) in [6.07, 6.45) is 5.20. The first-order chi connectivity index (χ1) is 7.84. The van der Waals surface area contributed by atoms with E-state index in [0.29, 0.717) is 6.04 Å². The van der Waals surface area contributed by atoms with Gasteiger partial charge in [-0.25, -0.2) is 4.39 Å². The van der Waals surface area contributed by atoms with Crippen molar-refractivity contribution in [2.75, 3.05) is 12.3 Å². The Labute approximate surface area is 101 Å². The Kier molecular flexibility index (Phi) is 4.67. The molecule has 0 aromatic heterocycles. The van der Waals surface area contributed by atoms with Gasteiger partial charge in [-0.15, -0.1) is 11.8 Å². The van der Waals surface area contributed by atoms with Crippen molar-refractivity contribution in [3.8, 4) is 0 Å². The standard InChI is InChI=1S/C13H18FNS/c14-11-4-6-13(7-5-11)16-10-8-12-3-1-2-9-15-12/h4-7,12,15H,1-3,8-10H2. The number of hydrogen-bond acceptors (Lipinski definition) is 2. The van der Waals surface area contributed by atoms with Gasteiger partial charge < -0.3 is 5.32 Å². The van der Waals surface area contributed by atoms with Gasteiger partial charge in [0.1, 0.15) is 5.82 Å². The Bertz CT molecular complexity index is 306. The summed E-state index contributed by atoms with van der Waals surface area (Å²) in [5.41, 5.74) is 0. The van der Waals surface area contributed by atoms with Crippen LogP contribution in [0.4, 0.5) is 4.39 Å². The molecule has 0 saturated carbocycles. The topological polar surface area (TPSA) is 12.0 Å². The minimum Gasteiger partial charge on any atom is -0.314 e. The maximum absolute atomic E-state index is 12.7. The quantitative estimate of drug-likeness (QED) is 0.808. The molecule has 1 N–H and O–H groups in total. The average Bonchev–Trinajstić information content (AvgIpc) is 2.33. The molecule has 2 rings (SSSR count). The number of piperidine rings is 1. The van der Waals surface area contributed by atoms with E-state index in [0.717, 1.165) is 10.6 Å². The van der Waals surface area contributed by atoms with Crippen molar-refractivity contribution in [2.24, 2.45) is 0 Å². The second-order valence-electron chi connectivity index (χ2n) is 4.24. The van der Waals surface area contributed by atoms with E-state index in [1.807, 2.05) is 23.9 Å². The lowest BCUT2D eigenvalue weighted by Gasteiger charge is -2.23. The van der Waals surface area contributed by atoms with E-state index in [-0.39, 0.29) is 5.82 Å². The van der Waals surface area contributed by atoms with Crippen LogP contribution in [0.25, 0.3) is 0 Å². The van der Waals surface area contributed by atoms with Crippen molar-refractivity contribution in [3.05, 3.63) is 30.1 Å². The van der Waals surface area contributed by atoms with Crippen molar-refractivity contribution in [1.29, 1.82) is 0 Å². The molecule has 0 bridgehead atoms. The van der Waals surface area contributed by atoms with Gasteiger partial charge in [-0.2, -0.15) is 0 Å². The number of halogens is 1. The predicted molar refractivity (Wildman–Crippen MR) is 67.4 cm³/mol. The highest BCUT2D eigenvalue weighted by Crippen LogP contribution is 2.21. The summed E-state index contributed by atoms with van der Waals surface area (Å²) in [6, 6.07) is 7.46. The van der Waals surface area contributed by atoms with Crippen LogP contribution in [0.3, 0.4) is 0 Å². The van der Waals surface area contributed by atoms with Crippen LogP contribution in [0.5, 0.6) is 0 Å². The Morgan fingerprint density at radius 1 is 1.25 bits per heavy atom. The fourth-order valence-corrected chi connectivity index (χ4v) is 2.99. The molecule has 1 aromatic carbocycles. The van der Waals surface area contributed by atoms with Gasteiger partial charge in [0.25, 0.3) is 0 Å². The largest absolute Gasteiger partial charge is 0.314 e. The van der Waals surface area contributed by atoms with Crippen LogP contribution in [0.2, 0.25) is 0 Å². The van der Waals surface area contributed by atoms with Crippen LogP contribution in [0, 0.1) is 5.82 Å². The van der Waals surface area contributed by atoms with Crippen LogP contribution >= 0.6 is 11.8 Å². The highest BCUT2D eigenvalue weighted by Gasteiger charge is 2.11. The predicted octanol–water partition coefficient (Wildman–Crippen LogP) is 3.45. The van der Waals surface area contributed by atoms with Gasteiger partial charge >= 0.3 is 0 Å². The molecule has 1 nitrogen and oxygen atoms in total. The van der Waals surface area contributed by atoms with Gasteiger partial charge in [0.05, 0.1) is 0 Å². The molecule has 16 heavy (non-hydrogen) atoms. The van der Waals surface area contributed by atoms with Gasteiger partial charge in [0.15, 0.2) is 0 Å². The summed E-state index contributed by atoms with van der Waals surface area (Å²) in [7, 11) is 0. The molecule has 3 heteroatoms. The number of thioether (sulfide) groups is 1.